The van der Waals surface area contributed by atoms with Gasteiger partial charge in [0, 0.05) is 25.1 Å². The largest absolute Gasteiger partial charge is 0.311 e. The summed E-state index contributed by atoms with van der Waals surface area (Å²) >= 11 is 0. The van der Waals surface area contributed by atoms with Crippen molar-refractivity contribution < 1.29 is 9.18 Å². The molecule has 26 heavy (non-hydrogen) atoms. The van der Waals surface area contributed by atoms with Crippen LogP contribution in [0.3, 0.4) is 0 Å². The van der Waals surface area contributed by atoms with Crippen LogP contribution in [0.1, 0.15) is 38.2 Å². The van der Waals surface area contributed by atoms with Gasteiger partial charge in [0.1, 0.15) is 11.5 Å². The van der Waals surface area contributed by atoms with Crippen molar-refractivity contribution in [2.24, 2.45) is 7.05 Å². The van der Waals surface area contributed by atoms with Crippen LogP contribution in [0.5, 0.6) is 0 Å². The highest BCUT2D eigenvalue weighted by Crippen LogP contribution is 2.48. The van der Waals surface area contributed by atoms with E-state index in [0.29, 0.717) is 36.5 Å². The third-order valence-corrected chi connectivity index (χ3v) is 4.51. The number of anilines is 1. The summed E-state index contributed by atoms with van der Waals surface area (Å²) in [6, 6.07) is 3.60. The molecule has 0 aromatic carbocycles. The van der Waals surface area contributed by atoms with Crippen molar-refractivity contribution in [2.75, 3.05) is 5.32 Å². The maximum atomic E-state index is 14.6. The van der Waals surface area contributed by atoms with Crippen LogP contribution in [0.4, 0.5) is 10.2 Å². The van der Waals surface area contributed by atoms with Gasteiger partial charge in [-0.05, 0) is 31.4 Å². The highest BCUT2D eigenvalue weighted by atomic mass is 19.1. The van der Waals surface area contributed by atoms with Crippen molar-refractivity contribution in [1.82, 2.24) is 24.7 Å². The Morgan fingerprint density at radius 1 is 1.35 bits per heavy atom. The fraction of sp³-hybridized carbons (Fsp3) is 0.389. The first-order chi connectivity index (χ1) is 12.4. The Morgan fingerprint density at radius 2 is 2.12 bits per heavy atom. The number of carbonyl (C=O) groups excluding carboxylic acids is 1. The van der Waals surface area contributed by atoms with Crippen LogP contribution in [-0.2, 0) is 23.9 Å². The molecule has 3 aromatic heterocycles. The van der Waals surface area contributed by atoms with Gasteiger partial charge in [0.25, 0.3) is 0 Å². The van der Waals surface area contributed by atoms with Crippen LogP contribution >= 0.6 is 0 Å². The maximum absolute atomic E-state index is 14.6. The number of pyridine rings is 1. The van der Waals surface area contributed by atoms with Gasteiger partial charge in [-0.15, -0.1) is 0 Å². The van der Waals surface area contributed by atoms with Gasteiger partial charge < -0.3 is 5.32 Å². The van der Waals surface area contributed by atoms with Gasteiger partial charge in [0.15, 0.2) is 11.5 Å². The highest BCUT2D eigenvalue weighted by molar-refractivity contribution is 5.96. The number of hydrogen-bond donors (Lipinski definition) is 1. The van der Waals surface area contributed by atoms with Crippen molar-refractivity contribution in [3.8, 4) is 11.4 Å². The van der Waals surface area contributed by atoms with E-state index in [1.165, 1.54) is 6.92 Å². The molecule has 3 aromatic rings. The number of halogens is 1. The number of aromatic nitrogens is 5. The van der Waals surface area contributed by atoms with Gasteiger partial charge in [-0.25, -0.2) is 19.3 Å². The van der Waals surface area contributed by atoms with Crippen LogP contribution in [0.15, 0.2) is 18.3 Å². The number of hydrogen-bond acceptors (Lipinski definition) is 5. The van der Waals surface area contributed by atoms with Crippen LogP contribution in [0.25, 0.3) is 22.3 Å². The monoisotopic (exact) mass is 354 g/mol. The Labute approximate surface area is 149 Å². The van der Waals surface area contributed by atoms with E-state index in [1.54, 1.807) is 16.9 Å². The van der Waals surface area contributed by atoms with Gasteiger partial charge in [-0.1, -0.05) is 6.92 Å². The third-order valence-electron chi connectivity index (χ3n) is 4.51. The molecular formula is C18H19FN6O. The van der Waals surface area contributed by atoms with E-state index in [0.717, 1.165) is 16.6 Å². The van der Waals surface area contributed by atoms with Crippen LogP contribution in [-0.4, -0.2) is 30.6 Å². The minimum absolute atomic E-state index is 0.201. The summed E-state index contributed by atoms with van der Waals surface area (Å²) in [6.07, 6.45) is 3.25. The predicted octanol–water partition coefficient (Wildman–Crippen LogP) is 2.90. The van der Waals surface area contributed by atoms with Gasteiger partial charge in [-0.3, -0.25) is 9.48 Å². The van der Waals surface area contributed by atoms with Gasteiger partial charge >= 0.3 is 0 Å². The number of nitrogens with zero attached hydrogens (tertiary/aromatic N) is 5. The molecular weight excluding hydrogens is 335 g/mol. The lowest BCUT2D eigenvalue weighted by molar-refractivity contribution is -0.114. The van der Waals surface area contributed by atoms with E-state index in [4.69, 9.17) is 0 Å². The molecule has 1 aliphatic rings. The van der Waals surface area contributed by atoms with Gasteiger partial charge in [0.05, 0.1) is 17.4 Å². The number of amides is 1. The number of fused-ring (bicyclic) bond motifs is 1. The quantitative estimate of drug-likeness (QED) is 0.779. The van der Waals surface area contributed by atoms with Crippen molar-refractivity contribution in [3.05, 3.63) is 29.8 Å². The van der Waals surface area contributed by atoms with Crippen molar-refractivity contribution in [2.45, 2.75) is 38.8 Å². The SMILES string of the molecule is CCc1cc(-c2nn(C)c3cnc(NC(C)=O)cc23)nc(C2(F)CC2)n1. The molecule has 4 rings (SSSR count). The van der Waals surface area contributed by atoms with E-state index in [1.807, 2.05) is 20.0 Å². The average molecular weight is 354 g/mol. The molecule has 0 spiro atoms. The highest BCUT2D eigenvalue weighted by Gasteiger charge is 2.48. The molecule has 1 aliphatic carbocycles. The molecule has 0 bridgehead atoms. The van der Waals surface area contributed by atoms with E-state index >= 15 is 0 Å². The first kappa shape index (κ1) is 16.6. The summed E-state index contributed by atoms with van der Waals surface area (Å²) in [5.74, 6) is 0.475. The van der Waals surface area contributed by atoms with E-state index in [9.17, 15) is 9.18 Å². The lowest BCUT2D eigenvalue weighted by atomic mass is 10.1. The molecule has 7 nitrogen and oxygen atoms in total. The van der Waals surface area contributed by atoms with E-state index in [2.05, 4.69) is 25.4 Å². The topological polar surface area (TPSA) is 85.6 Å². The molecule has 0 radical (unpaired) electrons. The zero-order valence-corrected chi connectivity index (χ0v) is 14.9. The molecule has 3 heterocycles. The molecule has 8 heteroatoms. The first-order valence-electron chi connectivity index (χ1n) is 8.57. The molecule has 0 aliphatic heterocycles. The van der Waals surface area contributed by atoms with Crippen LogP contribution in [0, 0.1) is 0 Å². The second-order valence-corrected chi connectivity index (χ2v) is 6.63. The Hall–Kier alpha value is -2.90. The fourth-order valence-corrected chi connectivity index (χ4v) is 2.92. The third kappa shape index (κ3) is 2.81. The summed E-state index contributed by atoms with van der Waals surface area (Å²) < 4.78 is 16.3. The molecule has 0 atom stereocenters. The number of alkyl halides is 1. The predicted molar refractivity (Wildman–Crippen MR) is 95.2 cm³/mol. The molecule has 0 unspecified atom stereocenters. The standard InChI is InChI=1S/C18H19FN6O/c1-4-11-7-13(23-17(22-11)18(19)5-6-18)16-12-8-15(21-10(2)26)20-9-14(12)25(3)24-16/h7-9H,4-6H2,1-3H3,(H,20,21,26). The summed E-state index contributed by atoms with van der Waals surface area (Å²) in [6.45, 7) is 3.40. The summed E-state index contributed by atoms with van der Waals surface area (Å²) in [4.78, 5) is 24.4. The lowest BCUT2D eigenvalue weighted by Crippen LogP contribution is -2.09. The molecule has 1 fully saturated rings. The van der Waals surface area contributed by atoms with E-state index in [-0.39, 0.29) is 11.7 Å². The van der Waals surface area contributed by atoms with Crippen molar-refractivity contribution in [3.63, 3.8) is 0 Å². The van der Waals surface area contributed by atoms with Crippen LogP contribution < -0.4 is 5.32 Å². The molecule has 0 saturated heterocycles. The van der Waals surface area contributed by atoms with Crippen molar-refractivity contribution >= 4 is 22.6 Å². The second-order valence-electron chi connectivity index (χ2n) is 6.63. The summed E-state index contributed by atoms with van der Waals surface area (Å²) in [7, 11) is 1.81. The zero-order chi connectivity index (χ0) is 18.5. The number of nitrogens with one attached hydrogen (secondary N) is 1. The van der Waals surface area contributed by atoms with Crippen LogP contribution in [0.2, 0.25) is 0 Å². The number of carbonyl (C=O) groups is 1. The number of rotatable bonds is 4. The Morgan fingerprint density at radius 3 is 2.77 bits per heavy atom. The molecule has 134 valence electrons. The lowest BCUT2D eigenvalue weighted by Gasteiger charge is -2.08. The van der Waals surface area contributed by atoms with Gasteiger partial charge in [-0.2, -0.15) is 5.10 Å². The summed E-state index contributed by atoms with van der Waals surface area (Å²) in [5, 5.41) is 8.02. The first-order valence-corrected chi connectivity index (χ1v) is 8.57. The minimum Gasteiger partial charge on any atom is -0.311 e. The average Bonchev–Trinajstić information content (AvgIpc) is 3.29. The molecule has 1 saturated carbocycles. The zero-order valence-electron chi connectivity index (χ0n) is 14.9. The second kappa shape index (κ2) is 5.82. The smallest absolute Gasteiger partial charge is 0.222 e. The molecule has 1 N–H and O–H groups in total. The normalized spacial score (nSPS) is 15.2. The fourth-order valence-electron chi connectivity index (χ4n) is 2.92. The van der Waals surface area contributed by atoms with Gasteiger partial charge in [0.2, 0.25) is 5.91 Å². The molecule has 1 amide bonds. The summed E-state index contributed by atoms with van der Waals surface area (Å²) in [5.41, 5.74) is 1.38. The van der Waals surface area contributed by atoms with E-state index < -0.39 is 5.67 Å². The Bertz CT molecular complexity index is 1020. The number of aryl methyl sites for hydroxylation is 2. The minimum atomic E-state index is -1.41. The maximum Gasteiger partial charge on any atom is 0.222 e. The van der Waals surface area contributed by atoms with Crippen molar-refractivity contribution in [1.29, 1.82) is 0 Å². The Kier molecular flexibility index (Phi) is 3.71. The Balaban J connectivity index is 1.89.